The minimum absolute atomic E-state index is 0.550. The standard InChI is InChI=1S/C20H24N4O/c1-15-11-19(25-23-15)14-24-9-7-17(8-10-24)20-13-18(21-22-20)12-16-5-3-2-4-6-16/h2-6,11,13,17H,7-10,12,14H2,1H3,(H,21,22). The van der Waals surface area contributed by atoms with Crippen molar-refractivity contribution in [3.63, 3.8) is 0 Å². The van der Waals surface area contributed by atoms with Crippen LogP contribution in [-0.2, 0) is 13.0 Å². The Hall–Kier alpha value is -2.40. The summed E-state index contributed by atoms with van der Waals surface area (Å²) in [4.78, 5) is 2.44. The van der Waals surface area contributed by atoms with Gasteiger partial charge in [0.05, 0.1) is 17.9 Å². The van der Waals surface area contributed by atoms with E-state index in [9.17, 15) is 0 Å². The third-order valence-electron chi connectivity index (χ3n) is 4.95. The molecule has 25 heavy (non-hydrogen) atoms. The van der Waals surface area contributed by atoms with Gasteiger partial charge in [0.2, 0.25) is 0 Å². The summed E-state index contributed by atoms with van der Waals surface area (Å²) in [6.45, 7) is 4.97. The number of likely N-dealkylation sites (tertiary alicyclic amines) is 1. The molecule has 5 heteroatoms. The van der Waals surface area contributed by atoms with Crippen LogP contribution in [-0.4, -0.2) is 33.3 Å². The number of benzene rings is 1. The second-order valence-electron chi connectivity index (χ2n) is 6.97. The largest absolute Gasteiger partial charge is 0.360 e. The third-order valence-corrected chi connectivity index (χ3v) is 4.95. The zero-order valence-corrected chi connectivity index (χ0v) is 14.6. The molecule has 0 unspecified atom stereocenters. The fourth-order valence-electron chi connectivity index (χ4n) is 3.59. The van der Waals surface area contributed by atoms with Crippen LogP contribution >= 0.6 is 0 Å². The first-order chi connectivity index (χ1) is 12.3. The third kappa shape index (κ3) is 3.99. The van der Waals surface area contributed by atoms with Gasteiger partial charge in [-0.05, 0) is 44.5 Å². The molecule has 3 heterocycles. The van der Waals surface area contributed by atoms with Crippen LogP contribution in [0.2, 0.25) is 0 Å². The van der Waals surface area contributed by atoms with Gasteiger partial charge in [-0.1, -0.05) is 35.5 Å². The molecule has 1 fully saturated rings. The Morgan fingerprint density at radius 2 is 1.96 bits per heavy atom. The molecular weight excluding hydrogens is 312 g/mol. The van der Waals surface area contributed by atoms with E-state index in [2.05, 4.69) is 56.7 Å². The second kappa shape index (κ2) is 7.23. The molecule has 0 radical (unpaired) electrons. The van der Waals surface area contributed by atoms with Crippen molar-refractivity contribution in [1.29, 1.82) is 0 Å². The van der Waals surface area contributed by atoms with Crippen LogP contribution in [0.15, 0.2) is 47.0 Å². The van der Waals surface area contributed by atoms with Crippen molar-refractivity contribution in [1.82, 2.24) is 20.3 Å². The fourth-order valence-corrected chi connectivity index (χ4v) is 3.59. The molecule has 1 aliphatic rings. The average molecular weight is 336 g/mol. The molecule has 2 aromatic heterocycles. The molecule has 1 saturated heterocycles. The Labute approximate surface area is 148 Å². The molecule has 1 aromatic carbocycles. The van der Waals surface area contributed by atoms with Crippen LogP contribution in [0.25, 0.3) is 0 Å². The van der Waals surface area contributed by atoms with Gasteiger partial charge in [0, 0.05) is 24.1 Å². The van der Waals surface area contributed by atoms with Crippen LogP contribution in [0, 0.1) is 6.92 Å². The Morgan fingerprint density at radius 1 is 1.16 bits per heavy atom. The molecule has 5 nitrogen and oxygen atoms in total. The van der Waals surface area contributed by atoms with Crippen molar-refractivity contribution in [3.8, 4) is 0 Å². The van der Waals surface area contributed by atoms with Gasteiger partial charge in [0.25, 0.3) is 0 Å². The fraction of sp³-hybridized carbons (Fsp3) is 0.400. The Bertz CT molecular complexity index is 800. The van der Waals surface area contributed by atoms with Crippen LogP contribution < -0.4 is 0 Å². The van der Waals surface area contributed by atoms with Gasteiger partial charge >= 0.3 is 0 Å². The number of piperidine rings is 1. The highest BCUT2D eigenvalue weighted by Crippen LogP contribution is 2.28. The summed E-state index contributed by atoms with van der Waals surface area (Å²) in [5.41, 5.74) is 4.67. The number of rotatable bonds is 5. The number of hydrogen-bond acceptors (Lipinski definition) is 4. The summed E-state index contributed by atoms with van der Waals surface area (Å²) in [6, 6.07) is 14.8. The quantitative estimate of drug-likeness (QED) is 0.772. The predicted octanol–water partition coefficient (Wildman–Crippen LogP) is 3.68. The molecular formula is C20H24N4O. The van der Waals surface area contributed by atoms with E-state index >= 15 is 0 Å². The minimum Gasteiger partial charge on any atom is -0.360 e. The smallest absolute Gasteiger partial charge is 0.150 e. The van der Waals surface area contributed by atoms with Crippen LogP contribution in [0.5, 0.6) is 0 Å². The lowest BCUT2D eigenvalue weighted by Gasteiger charge is -2.30. The number of aromatic nitrogens is 3. The minimum atomic E-state index is 0.550. The second-order valence-corrected chi connectivity index (χ2v) is 6.97. The molecule has 0 bridgehead atoms. The van der Waals surface area contributed by atoms with Gasteiger partial charge in [0.1, 0.15) is 0 Å². The molecule has 3 aromatic rings. The maximum absolute atomic E-state index is 5.33. The van der Waals surface area contributed by atoms with Crippen molar-refractivity contribution >= 4 is 0 Å². The lowest BCUT2D eigenvalue weighted by Crippen LogP contribution is -2.32. The SMILES string of the molecule is Cc1cc(CN2CCC(c3cc(Cc4ccccc4)[nH]n3)CC2)on1. The van der Waals surface area contributed by atoms with Gasteiger partial charge in [-0.2, -0.15) is 5.10 Å². The topological polar surface area (TPSA) is 58.0 Å². The Morgan fingerprint density at radius 3 is 2.68 bits per heavy atom. The van der Waals surface area contributed by atoms with Crippen molar-refractivity contribution in [2.75, 3.05) is 13.1 Å². The number of aromatic amines is 1. The zero-order valence-electron chi connectivity index (χ0n) is 14.6. The summed E-state index contributed by atoms with van der Waals surface area (Å²) >= 11 is 0. The first kappa shape index (κ1) is 16.1. The van der Waals surface area contributed by atoms with Crippen LogP contribution in [0.4, 0.5) is 0 Å². The molecule has 1 aliphatic heterocycles. The maximum Gasteiger partial charge on any atom is 0.150 e. The normalized spacial score (nSPS) is 16.4. The number of H-pyrrole nitrogens is 1. The Balaban J connectivity index is 1.32. The monoisotopic (exact) mass is 336 g/mol. The summed E-state index contributed by atoms with van der Waals surface area (Å²) < 4.78 is 5.33. The van der Waals surface area contributed by atoms with Crippen molar-refractivity contribution < 1.29 is 4.52 Å². The number of nitrogens with zero attached hydrogens (tertiary/aromatic N) is 3. The lowest BCUT2D eigenvalue weighted by atomic mass is 9.93. The van der Waals surface area contributed by atoms with E-state index in [0.29, 0.717) is 5.92 Å². The summed E-state index contributed by atoms with van der Waals surface area (Å²) in [6.07, 6.45) is 3.20. The van der Waals surface area contributed by atoms with Crippen LogP contribution in [0.3, 0.4) is 0 Å². The van der Waals surface area contributed by atoms with Crippen molar-refractivity contribution in [2.24, 2.45) is 0 Å². The van der Waals surface area contributed by atoms with Gasteiger partial charge in [-0.3, -0.25) is 10.00 Å². The molecule has 1 N–H and O–H groups in total. The number of hydrogen-bond donors (Lipinski definition) is 1. The summed E-state index contributed by atoms with van der Waals surface area (Å²) in [5.74, 6) is 1.51. The lowest BCUT2D eigenvalue weighted by molar-refractivity contribution is 0.183. The van der Waals surface area contributed by atoms with E-state index in [4.69, 9.17) is 4.52 Å². The molecule has 0 aliphatic carbocycles. The van der Waals surface area contributed by atoms with Gasteiger partial charge in [-0.15, -0.1) is 0 Å². The van der Waals surface area contributed by atoms with E-state index < -0.39 is 0 Å². The van der Waals surface area contributed by atoms with Gasteiger partial charge < -0.3 is 4.52 Å². The van der Waals surface area contributed by atoms with E-state index in [1.165, 1.54) is 17.0 Å². The van der Waals surface area contributed by atoms with Crippen molar-refractivity contribution in [2.45, 2.75) is 38.6 Å². The Kier molecular flexibility index (Phi) is 4.65. The van der Waals surface area contributed by atoms with Gasteiger partial charge in [0.15, 0.2) is 5.76 Å². The highest BCUT2D eigenvalue weighted by atomic mass is 16.5. The van der Waals surface area contributed by atoms with E-state index in [1.54, 1.807) is 0 Å². The van der Waals surface area contributed by atoms with E-state index in [0.717, 1.165) is 50.4 Å². The highest BCUT2D eigenvalue weighted by molar-refractivity contribution is 5.23. The molecule has 0 spiro atoms. The first-order valence-electron chi connectivity index (χ1n) is 8.99. The molecule has 130 valence electrons. The van der Waals surface area contributed by atoms with E-state index in [-0.39, 0.29) is 0 Å². The highest BCUT2D eigenvalue weighted by Gasteiger charge is 2.23. The maximum atomic E-state index is 5.33. The average Bonchev–Trinajstić information content (AvgIpc) is 3.26. The molecule has 4 rings (SSSR count). The molecule has 0 amide bonds. The van der Waals surface area contributed by atoms with Crippen LogP contribution in [0.1, 0.15) is 47.2 Å². The van der Waals surface area contributed by atoms with Crippen molar-refractivity contribution in [3.05, 3.63) is 70.9 Å². The zero-order chi connectivity index (χ0) is 17.1. The number of aryl methyl sites for hydroxylation is 1. The molecule has 0 atom stereocenters. The van der Waals surface area contributed by atoms with E-state index in [1.807, 2.05) is 13.0 Å². The molecule has 0 saturated carbocycles. The predicted molar refractivity (Wildman–Crippen MR) is 96.3 cm³/mol. The summed E-state index contributed by atoms with van der Waals surface area (Å²) in [7, 11) is 0. The number of nitrogens with one attached hydrogen (secondary N) is 1. The summed E-state index contributed by atoms with van der Waals surface area (Å²) in [5, 5.41) is 11.8. The first-order valence-corrected chi connectivity index (χ1v) is 8.99. The van der Waals surface area contributed by atoms with Gasteiger partial charge in [-0.25, -0.2) is 0 Å².